The average Bonchev–Trinajstić information content (AvgIpc) is 2.73. The van der Waals surface area contributed by atoms with Gasteiger partial charge in [-0.15, -0.1) is 11.3 Å². The van der Waals surface area contributed by atoms with Crippen LogP contribution < -0.4 is 5.32 Å². The number of halogens is 2. The number of hydrogen-bond acceptors (Lipinski definition) is 2. The molecule has 2 rings (SSSR count). The van der Waals surface area contributed by atoms with Crippen molar-refractivity contribution in [2.75, 3.05) is 6.54 Å². The fourth-order valence-corrected chi connectivity index (χ4v) is 2.98. The fraction of sp³-hybridized carbons (Fsp3) is 0.286. The lowest BCUT2D eigenvalue weighted by atomic mass is 10.0. The molecule has 4 heteroatoms. The zero-order valence-corrected chi connectivity index (χ0v) is 11.2. The molecule has 1 N–H and O–H groups in total. The SMILES string of the molecule is CCNC(c1ccc(F)cc1F)c1sccc1C. The predicted octanol–water partition coefficient (Wildman–Crippen LogP) is 4.03. The number of thiophene rings is 1. The van der Waals surface area contributed by atoms with Crippen LogP contribution >= 0.6 is 11.3 Å². The molecule has 1 nitrogen and oxygen atoms in total. The highest BCUT2D eigenvalue weighted by Gasteiger charge is 2.20. The van der Waals surface area contributed by atoms with Gasteiger partial charge in [-0.3, -0.25) is 0 Å². The molecule has 96 valence electrons. The van der Waals surface area contributed by atoms with Gasteiger partial charge in [0.15, 0.2) is 0 Å². The molecule has 1 aromatic carbocycles. The van der Waals surface area contributed by atoms with Gasteiger partial charge in [0.25, 0.3) is 0 Å². The summed E-state index contributed by atoms with van der Waals surface area (Å²) in [6.45, 7) is 4.69. The minimum absolute atomic E-state index is 0.212. The largest absolute Gasteiger partial charge is 0.306 e. The van der Waals surface area contributed by atoms with Crippen molar-refractivity contribution in [3.05, 3.63) is 57.3 Å². The van der Waals surface area contributed by atoms with Gasteiger partial charge in [0.2, 0.25) is 0 Å². The molecule has 18 heavy (non-hydrogen) atoms. The lowest BCUT2D eigenvalue weighted by Gasteiger charge is -2.19. The van der Waals surface area contributed by atoms with Gasteiger partial charge in [-0.2, -0.15) is 0 Å². The molecule has 0 radical (unpaired) electrons. The minimum Gasteiger partial charge on any atom is -0.306 e. The topological polar surface area (TPSA) is 12.0 Å². The van der Waals surface area contributed by atoms with Gasteiger partial charge in [-0.1, -0.05) is 13.0 Å². The number of benzene rings is 1. The Kier molecular flexibility index (Phi) is 4.09. The Morgan fingerprint density at radius 3 is 2.61 bits per heavy atom. The van der Waals surface area contributed by atoms with Gasteiger partial charge in [0.1, 0.15) is 11.6 Å². The van der Waals surface area contributed by atoms with Crippen LogP contribution in [0.4, 0.5) is 8.78 Å². The first kappa shape index (κ1) is 13.2. The van der Waals surface area contributed by atoms with Crippen LogP contribution in [0.25, 0.3) is 0 Å². The van der Waals surface area contributed by atoms with Gasteiger partial charge < -0.3 is 5.32 Å². The van der Waals surface area contributed by atoms with Crippen molar-refractivity contribution in [2.24, 2.45) is 0 Å². The highest BCUT2D eigenvalue weighted by atomic mass is 32.1. The zero-order chi connectivity index (χ0) is 13.1. The van der Waals surface area contributed by atoms with Crippen molar-refractivity contribution in [1.82, 2.24) is 5.32 Å². The third kappa shape index (κ3) is 2.60. The second-order valence-corrected chi connectivity index (χ2v) is 5.07. The van der Waals surface area contributed by atoms with Gasteiger partial charge >= 0.3 is 0 Å². The molecule has 1 atom stereocenters. The van der Waals surface area contributed by atoms with E-state index in [4.69, 9.17) is 0 Å². The smallest absolute Gasteiger partial charge is 0.131 e. The van der Waals surface area contributed by atoms with Crippen LogP contribution in [0.2, 0.25) is 0 Å². The van der Waals surface area contributed by atoms with E-state index in [0.29, 0.717) is 5.56 Å². The van der Waals surface area contributed by atoms with E-state index >= 15 is 0 Å². The Bertz CT molecular complexity index is 536. The molecule has 0 saturated carbocycles. The molecule has 1 heterocycles. The Hall–Kier alpha value is -1.26. The van der Waals surface area contributed by atoms with Crippen LogP contribution in [-0.4, -0.2) is 6.54 Å². The first-order valence-corrected chi connectivity index (χ1v) is 6.73. The minimum atomic E-state index is -0.547. The van der Waals surface area contributed by atoms with Crippen molar-refractivity contribution in [1.29, 1.82) is 0 Å². The maximum Gasteiger partial charge on any atom is 0.131 e. The molecule has 0 aliphatic carbocycles. The first-order chi connectivity index (χ1) is 8.63. The normalized spacial score (nSPS) is 12.7. The highest BCUT2D eigenvalue weighted by Crippen LogP contribution is 2.30. The summed E-state index contributed by atoms with van der Waals surface area (Å²) >= 11 is 1.58. The Balaban J connectivity index is 2.45. The molecule has 0 spiro atoms. The van der Waals surface area contributed by atoms with E-state index in [9.17, 15) is 8.78 Å². The number of nitrogens with one attached hydrogen (secondary N) is 1. The van der Waals surface area contributed by atoms with Crippen molar-refractivity contribution in [2.45, 2.75) is 19.9 Å². The van der Waals surface area contributed by atoms with E-state index in [1.54, 1.807) is 11.3 Å². The molecular weight excluding hydrogens is 252 g/mol. The van der Waals surface area contributed by atoms with Crippen LogP contribution in [0.1, 0.15) is 29.0 Å². The fourth-order valence-electron chi connectivity index (χ4n) is 1.96. The van der Waals surface area contributed by atoms with E-state index in [1.807, 2.05) is 25.3 Å². The molecule has 0 saturated heterocycles. The number of aryl methyl sites for hydroxylation is 1. The lowest BCUT2D eigenvalue weighted by Crippen LogP contribution is -2.22. The van der Waals surface area contributed by atoms with E-state index < -0.39 is 11.6 Å². The monoisotopic (exact) mass is 267 g/mol. The van der Waals surface area contributed by atoms with Crippen molar-refractivity contribution < 1.29 is 8.78 Å². The first-order valence-electron chi connectivity index (χ1n) is 5.85. The van der Waals surface area contributed by atoms with E-state index in [0.717, 1.165) is 23.1 Å². The molecule has 1 aromatic heterocycles. The molecule has 0 amide bonds. The summed E-state index contributed by atoms with van der Waals surface area (Å²) in [5.41, 5.74) is 1.61. The Morgan fingerprint density at radius 2 is 2.06 bits per heavy atom. The van der Waals surface area contributed by atoms with Gasteiger partial charge in [-0.25, -0.2) is 8.78 Å². The molecule has 0 aliphatic rings. The van der Waals surface area contributed by atoms with Crippen molar-refractivity contribution in [3.63, 3.8) is 0 Å². The Labute approximate surface area is 109 Å². The standard InChI is InChI=1S/C14H15F2NS/c1-3-17-13(14-9(2)6-7-18-14)11-5-4-10(15)8-12(11)16/h4-8,13,17H,3H2,1-2H3. The molecule has 0 aliphatic heterocycles. The van der Waals surface area contributed by atoms with E-state index in [-0.39, 0.29) is 6.04 Å². The third-order valence-electron chi connectivity index (χ3n) is 2.85. The van der Waals surface area contributed by atoms with Gasteiger partial charge in [0, 0.05) is 16.5 Å². The molecular formula is C14H15F2NS. The summed E-state index contributed by atoms with van der Waals surface area (Å²) in [5.74, 6) is -1.05. The second-order valence-electron chi connectivity index (χ2n) is 4.12. The maximum absolute atomic E-state index is 13.9. The zero-order valence-electron chi connectivity index (χ0n) is 10.3. The second kappa shape index (κ2) is 5.59. The van der Waals surface area contributed by atoms with Crippen LogP contribution in [0, 0.1) is 18.6 Å². The number of rotatable bonds is 4. The quantitative estimate of drug-likeness (QED) is 0.881. The summed E-state index contributed by atoms with van der Waals surface area (Å²) in [7, 11) is 0. The summed E-state index contributed by atoms with van der Waals surface area (Å²) in [6, 6.07) is 5.53. The molecule has 2 aromatic rings. The average molecular weight is 267 g/mol. The predicted molar refractivity (Wildman–Crippen MR) is 70.9 cm³/mol. The van der Waals surface area contributed by atoms with Gasteiger partial charge in [0.05, 0.1) is 6.04 Å². The summed E-state index contributed by atoms with van der Waals surface area (Å²) < 4.78 is 26.8. The molecule has 0 bridgehead atoms. The van der Waals surface area contributed by atoms with Crippen LogP contribution in [-0.2, 0) is 0 Å². The van der Waals surface area contributed by atoms with E-state index in [2.05, 4.69) is 5.32 Å². The van der Waals surface area contributed by atoms with Gasteiger partial charge in [-0.05, 0) is 36.5 Å². The van der Waals surface area contributed by atoms with Crippen molar-refractivity contribution >= 4 is 11.3 Å². The van der Waals surface area contributed by atoms with E-state index in [1.165, 1.54) is 12.1 Å². The summed E-state index contributed by atoms with van der Waals surface area (Å²) in [4.78, 5) is 1.07. The lowest BCUT2D eigenvalue weighted by molar-refractivity contribution is 0.543. The third-order valence-corrected chi connectivity index (χ3v) is 3.93. The number of hydrogen-bond donors (Lipinski definition) is 1. The van der Waals surface area contributed by atoms with Crippen LogP contribution in [0.3, 0.4) is 0 Å². The summed E-state index contributed by atoms with van der Waals surface area (Å²) in [6.07, 6.45) is 0. The molecule has 0 fully saturated rings. The summed E-state index contributed by atoms with van der Waals surface area (Å²) in [5, 5.41) is 5.23. The highest BCUT2D eigenvalue weighted by molar-refractivity contribution is 7.10. The van der Waals surface area contributed by atoms with Crippen molar-refractivity contribution in [3.8, 4) is 0 Å². The van der Waals surface area contributed by atoms with Crippen LogP contribution in [0.15, 0.2) is 29.6 Å². The molecule has 1 unspecified atom stereocenters. The van der Waals surface area contributed by atoms with Crippen LogP contribution in [0.5, 0.6) is 0 Å². The Morgan fingerprint density at radius 1 is 1.28 bits per heavy atom. The maximum atomic E-state index is 13.9.